The molecule has 0 aliphatic carbocycles. The Kier molecular flexibility index (Phi) is 5.37. The molecule has 0 saturated carbocycles. The molecule has 0 spiro atoms. The first-order chi connectivity index (χ1) is 12.6. The minimum atomic E-state index is -0.405. The first kappa shape index (κ1) is 17.7. The van der Waals surface area contributed by atoms with Gasteiger partial charge >= 0.3 is 0 Å². The van der Waals surface area contributed by atoms with E-state index < -0.39 is 6.04 Å². The average Bonchev–Trinajstić information content (AvgIpc) is 3.17. The number of amides is 1. The summed E-state index contributed by atoms with van der Waals surface area (Å²) in [5.74, 6) is 1.25. The lowest BCUT2D eigenvalue weighted by Gasteiger charge is -2.15. The van der Waals surface area contributed by atoms with Gasteiger partial charge in [0.2, 0.25) is 5.91 Å². The molecule has 1 amide bonds. The quantitative estimate of drug-likeness (QED) is 0.763. The van der Waals surface area contributed by atoms with Gasteiger partial charge in [0.15, 0.2) is 0 Å². The van der Waals surface area contributed by atoms with Gasteiger partial charge in [-0.15, -0.1) is 0 Å². The fourth-order valence-electron chi connectivity index (χ4n) is 2.93. The van der Waals surface area contributed by atoms with Crippen LogP contribution in [0.15, 0.2) is 42.5 Å². The van der Waals surface area contributed by atoms with Gasteiger partial charge in [0.1, 0.15) is 17.5 Å². The van der Waals surface area contributed by atoms with E-state index in [9.17, 15) is 4.79 Å². The summed E-state index contributed by atoms with van der Waals surface area (Å²) in [6.45, 7) is 0. The molecular weight excluding hydrogens is 332 g/mol. The molecule has 1 fully saturated rings. The first-order valence-electron chi connectivity index (χ1n) is 8.18. The van der Waals surface area contributed by atoms with Gasteiger partial charge in [0.05, 0.1) is 31.9 Å². The number of benzene rings is 2. The lowest BCUT2D eigenvalue weighted by molar-refractivity contribution is -0.117. The van der Waals surface area contributed by atoms with E-state index in [-0.39, 0.29) is 11.9 Å². The molecule has 2 atom stereocenters. The van der Waals surface area contributed by atoms with Crippen LogP contribution in [-0.4, -0.2) is 26.2 Å². The standard InChI is InChI=1S/C19H20N4O3/c1-25-14-6-7-15(18(9-14)26-2)16-10-17(23-22-16)19(24)21-13-5-3-4-12(8-13)11-20/h3-9,16-17,22-23H,10H2,1-2H3,(H,21,24). The van der Waals surface area contributed by atoms with E-state index in [0.29, 0.717) is 29.2 Å². The van der Waals surface area contributed by atoms with Crippen LogP contribution >= 0.6 is 0 Å². The highest BCUT2D eigenvalue weighted by Crippen LogP contribution is 2.33. The van der Waals surface area contributed by atoms with E-state index in [1.807, 2.05) is 18.2 Å². The second-order valence-corrected chi connectivity index (χ2v) is 5.92. The van der Waals surface area contributed by atoms with Crippen LogP contribution in [0.4, 0.5) is 5.69 Å². The summed E-state index contributed by atoms with van der Waals surface area (Å²) < 4.78 is 10.7. The number of nitrogens with zero attached hydrogens (tertiary/aromatic N) is 1. The van der Waals surface area contributed by atoms with Crippen LogP contribution < -0.4 is 25.6 Å². The minimum Gasteiger partial charge on any atom is -0.497 e. The Morgan fingerprint density at radius 2 is 2.04 bits per heavy atom. The Bertz CT molecular complexity index is 847. The number of hydrazine groups is 1. The van der Waals surface area contributed by atoms with E-state index >= 15 is 0 Å². The van der Waals surface area contributed by atoms with Crippen molar-refractivity contribution in [3.05, 3.63) is 53.6 Å². The number of anilines is 1. The maximum atomic E-state index is 12.5. The van der Waals surface area contributed by atoms with Gasteiger partial charge in [-0.3, -0.25) is 4.79 Å². The lowest BCUT2D eigenvalue weighted by Crippen LogP contribution is -2.39. The molecule has 7 nitrogen and oxygen atoms in total. The number of methoxy groups -OCH3 is 2. The molecule has 0 bridgehead atoms. The summed E-state index contributed by atoms with van der Waals surface area (Å²) in [7, 11) is 3.21. The van der Waals surface area contributed by atoms with Crippen molar-refractivity contribution >= 4 is 11.6 Å². The van der Waals surface area contributed by atoms with Crippen LogP contribution in [0.5, 0.6) is 11.5 Å². The van der Waals surface area contributed by atoms with Gasteiger partial charge in [0.25, 0.3) is 0 Å². The predicted octanol–water partition coefficient (Wildman–Crippen LogP) is 2.12. The second-order valence-electron chi connectivity index (χ2n) is 5.92. The molecule has 1 aliphatic rings. The lowest BCUT2D eigenvalue weighted by atomic mass is 10.0. The fourth-order valence-corrected chi connectivity index (χ4v) is 2.93. The van der Waals surface area contributed by atoms with Crippen molar-refractivity contribution in [3.63, 3.8) is 0 Å². The van der Waals surface area contributed by atoms with E-state index in [1.54, 1.807) is 38.5 Å². The van der Waals surface area contributed by atoms with Gasteiger partial charge in [-0.1, -0.05) is 12.1 Å². The SMILES string of the molecule is COc1ccc(C2CC(C(=O)Nc3cccc(C#N)c3)NN2)c(OC)c1. The number of hydrogen-bond acceptors (Lipinski definition) is 6. The molecule has 0 radical (unpaired) electrons. The number of carbonyl (C=O) groups excluding carboxylic acids is 1. The van der Waals surface area contributed by atoms with Crippen molar-refractivity contribution in [1.29, 1.82) is 5.26 Å². The Balaban J connectivity index is 1.68. The van der Waals surface area contributed by atoms with Crippen molar-refractivity contribution in [3.8, 4) is 17.6 Å². The van der Waals surface area contributed by atoms with Gasteiger partial charge in [-0.25, -0.2) is 10.9 Å². The summed E-state index contributed by atoms with van der Waals surface area (Å²) in [6, 6.07) is 14.0. The molecular formula is C19H20N4O3. The highest BCUT2D eigenvalue weighted by molar-refractivity contribution is 5.95. The van der Waals surface area contributed by atoms with Gasteiger partial charge in [-0.05, 0) is 30.7 Å². The zero-order chi connectivity index (χ0) is 18.5. The maximum absolute atomic E-state index is 12.5. The van der Waals surface area contributed by atoms with Crippen LogP contribution in [-0.2, 0) is 4.79 Å². The Morgan fingerprint density at radius 3 is 2.77 bits per heavy atom. The van der Waals surface area contributed by atoms with E-state index in [0.717, 1.165) is 5.56 Å². The molecule has 3 rings (SSSR count). The molecule has 2 unspecified atom stereocenters. The average molecular weight is 352 g/mol. The Labute approximate surface area is 151 Å². The minimum absolute atomic E-state index is 0.0722. The van der Waals surface area contributed by atoms with Crippen molar-refractivity contribution in [2.75, 3.05) is 19.5 Å². The Hall–Kier alpha value is -3.08. The second kappa shape index (κ2) is 7.87. The molecule has 134 valence electrons. The monoisotopic (exact) mass is 352 g/mol. The number of nitriles is 1. The third-order valence-electron chi connectivity index (χ3n) is 4.29. The number of carbonyl (C=O) groups is 1. The van der Waals surface area contributed by atoms with Crippen LogP contribution in [0, 0.1) is 11.3 Å². The number of rotatable bonds is 5. The van der Waals surface area contributed by atoms with Gasteiger partial charge in [-0.2, -0.15) is 5.26 Å². The molecule has 7 heteroatoms. The molecule has 0 aromatic heterocycles. The van der Waals surface area contributed by atoms with E-state index in [2.05, 4.69) is 22.2 Å². The maximum Gasteiger partial charge on any atom is 0.242 e. The van der Waals surface area contributed by atoms with Gasteiger partial charge < -0.3 is 14.8 Å². The highest BCUT2D eigenvalue weighted by atomic mass is 16.5. The summed E-state index contributed by atoms with van der Waals surface area (Å²) >= 11 is 0. The summed E-state index contributed by atoms with van der Waals surface area (Å²) in [6.07, 6.45) is 0.562. The zero-order valence-electron chi connectivity index (χ0n) is 14.6. The molecule has 1 heterocycles. The predicted molar refractivity (Wildman–Crippen MR) is 96.8 cm³/mol. The van der Waals surface area contributed by atoms with Gasteiger partial charge in [0, 0.05) is 17.3 Å². The van der Waals surface area contributed by atoms with E-state index in [1.165, 1.54) is 0 Å². The molecule has 2 aromatic carbocycles. The summed E-state index contributed by atoms with van der Waals surface area (Å²) in [5.41, 5.74) is 8.21. The van der Waals surface area contributed by atoms with Crippen LogP contribution in [0.2, 0.25) is 0 Å². The summed E-state index contributed by atoms with van der Waals surface area (Å²) in [4.78, 5) is 12.5. The fraction of sp³-hybridized carbons (Fsp3) is 0.263. The van der Waals surface area contributed by atoms with Crippen molar-refractivity contribution in [2.24, 2.45) is 0 Å². The number of ether oxygens (including phenoxy) is 2. The van der Waals surface area contributed by atoms with Crippen molar-refractivity contribution in [1.82, 2.24) is 10.9 Å². The normalized spacial score (nSPS) is 18.8. The molecule has 1 saturated heterocycles. The Morgan fingerprint density at radius 1 is 1.19 bits per heavy atom. The topological polar surface area (TPSA) is 95.4 Å². The molecule has 1 aliphatic heterocycles. The number of hydrogen-bond donors (Lipinski definition) is 3. The number of nitrogens with one attached hydrogen (secondary N) is 3. The zero-order valence-corrected chi connectivity index (χ0v) is 14.6. The van der Waals surface area contributed by atoms with Crippen LogP contribution in [0.3, 0.4) is 0 Å². The third-order valence-corrected chi connectivity index (χ3v) is 4.29. The van der Waals surface area contributed by atoms with E-state index in [4.69, 9.17) is 14.7 Å². The van der Waals surface area contributed by atoms with Crippen LogP contribution in [0.1, 0.15) is 23.6 Å². The molecule has 26 heavy (non-hydrogen) atoms. The van der Waals surface area contributed by atoms with Crippen LogP contribution in [0.25, 0.3) is 0 Å². The van der Waals surface area contributed by atoms with Crippen molar-refractivity contribution in [2.45, 2.75) is 18.5 Å². The third kappa shape index (κ3) is 3.77. The smallest absolute Gasteiger partial charge is 0.242 e. The highest BCUT2D eigenvalue weighted by Gasteiger charge is 2.31. The summed E-state index contributed by atoms with van der Waals surface area (Å²) in [5, 5.41) is 11.8. The molecule has 2 aromatic rings. The molecule has 3 N–H and O–H groups in total. The van der Waals surface area contributed by atoms with Crippen molar-refractivity contribution < 1.29 is 14.3 Å². The largest absolute Gasteiger partial charge is 0.497 e. The first-order valence-corrected chi connectivity index (χ1v) is 8.18.